The van der Waals surface area contributed by atoms with E-state index in [2.05, 4.69) is 15.5 Å². The summed E-state index contributed by atoms with van der Waals surface area (Å²) in [5.74, 6) is 0.158. The van der Waals surface area contributed by atoms with Gasteiger partial charge in [-0.05, 0) is 57.1 Å². The SMILES string of the molecule is CCOC(=O)COc1ccc(NC(=O)N2CCN(C3CCNCC3)CC2)cc1.Cl.Cl. The second-order valence-electron chi connectivity index (χ2n) is 7.05. The smallest absolute Gasteiger partial charge is 0.344 e. The first-order chi connectivity index (χ1) is 13.7. The Kier molecular flexibility index (Phi) is 11.9. The summed E-state index contributed by atoms with van der Waals surface area (Å²) in [6.45, 7) is 7.49. The summed E-state index contributed by atoms with van der Waals surface area (Å²) in [4.78, 5) is 28.2. The van der Waals surface area contributed by atoms with Crippen molar-refractivity contribution in [2.75, 3.05) is 57.8 Å². The van der Waals surface area contributed by atoms with Gasteiger partial charge in [-0.2, -0.15) is 0 Å². The Morgan fingerprint density at radius 1 is 1.07 bits per heavy atom. The van der Waals surface area contributed by atoms with E-state index < -0.39 is 5.97 Å². The second kappa shape index (κ2) is 13.5. The van der Waals surface area contributed by atoms with Crippen LogP contribution < -0.4 is 15.4 Å². The van der Waals surface area contributed by atoms with Crippen molar-refractivity contribution in [3.63, 3.8) is 0 Å². The number of esters is 1. The maximum atomic E-state index is 12.5. The van der Waals surface area contributed by atoms with Crippen molar-refractivity contribution in [2.45, 2.75) is 25.8 Å². The first kappa shape index (κ1) is 26.3. The van der Waals surface area contributed by atoms with Gasteiger partial charge in [0.15, 0.2) is 6.61 Å². The largest absolute Gasteiger partial charge is 0.482 e. The molecule has 170 valence electrons. The number of carbonyl (C=O) groups excluding carboxylic acids is 2. The molecule has 8 nitrogen and oxygen atoms in total. The average Bonchev–Trinajstić information content (AvgIpc) is 2.74. The number of carbonyl (C=O) groups is 2. The fourth-order valence-corrected chi connectivity index (χ4v) is 3.64. The van der Waals surface area contributed by atoms with Gasteiger partial charge in [-0.15, -0.1) is 24.8 Å². The number of benzene rings is 1. The molecule has 30 heavy (non-hydrogen) atoms. The third-order valence-electron chi connectivity index (χ3n) is 5.19. The average molecular weight is 463 g/mol. The third-order valence-corrected chi connectivity index (χ3v) is 5.19. The van der Waals surface area contributed by atoms with E-state index in [0.717, 1.165) is 39.3 Å². The first-order valence-electron chi connectivity index (χ1n) is 10.0. The molecule has 2 heterocycles. The van der Waals surface area contributed by atoms with E-state index in [1.54, 1.807) is 31.2 Å². The molecule has 2 aliphatic heterocycles. The molecular formula is C20H32Cl2N4O4. The summed E-state index contributed by atoms with van der Waals surface area (Å²) < 4.78 is 10.2. The normalized spacial score (nSPS) is 17.3. The van der Waals surface area contributed by atoms with Gasteiger partial charge in [0, 0.05) is 37.9 Å². The van der Waals surface area contributed by atoms with Gasteiger partial charge in [-0.3, -0.25) is 4.90 Å². The van der Waals surface area contributed by atoms with Crippen molar-refractivity contribution in [3.8, 4) is 5.75 Å². The maximum Gasteiger partial charge on any atom is 0.344 e. The van der Waals surface area contributed by atoms with Gasteiger partial charge in [0.2, 0.25) is 0 Å². The number of halogens is 2. The van der Waals surface area contributed by atoms with Crippen molar-refractivity contribution >= 4 is 42.5 Å². The van der Waals surface area contributed by atoms with Crippen LogP contribution in [0.2, 0.25) is 0 Å². The highest BCUT2D eigenvalue weighted by atomic mass is 35.5. The van der Waals surface area contributed by atoms with Crippen molar-refractivity contribution in [2.24, 2.45) is 0 Å². The zero-order valence-corrected chi connectivity index (χ0v) is 18.9. The number of anilines is 1. The van der Waals surface area contributed by atoms with Crippen molar-refractivity contribution in [1.29, 1.82) is 0 Å². The summed E-state index contributed by atoms with van der Waals surface area (Å²) >= 11 is 0. The number of nitrogens with one attached hydrogen (secondary N) is 2. The predicted molar refractivity (Wildman–Crippen MR) is 121 cm³/mol. The molecule has 2 fully saturated rings. The lowest BCUT2D eigenvalue weighted by Gasteiger charge is -2.40. The van der Waals surface area contributed by atoms with Crippen LogP contribution in [0.1, 0.15) is 19.8 Å². The lowest BCUT2D eigenvalue weighted by molar-refractivity contribution is -0.145. The minimum atomic E-state index is -0.400. The summed E-state index contributed by atoms with van der Waals surface area (Å²) in [5, 5.41) is 6.33. The molecule has 2 aliphatic rings. The fourth-order valence-electron chi connectivity index (χ4n) is 3.64. The van der Waals surface area contributed by atoms with E-state index in [-0.39, 0.29) is 37.5 Å². The zero-order chi connectivity index (χ0) is 19.8. The van der Waals surface area contributed by atoms with Crippen molar-refractivity contribution in [1.82, 2.24) is 15.1 Å². The van der Waals surface area contributed by atoms with E-state index in [1.165, 1.54) is 12.8 Å². The summed E-state index contributed by atoms with van der Waals surface area (Å²) in [6, 6.07) is 7.56. The number of rotatable bonds is 6. The number of piperidine rings is 1. The number of piperazine rings is 1. The van der Waals surface area contributed by atoms with Crippen LogP contribution in [0.5, 0.6) is 5.75 Å². The molecule has 0 atom stereocenters. The van der Waals surface area contributed by atoms with Crippen molar-refractivity contribution in [3.05, 3.63) is 24.3 Å². The molecule has 1 aromatic carbocycles. The Balaban J connectivity index is 0.00000225. The number of ether oxygens (including phenoxy) is 2. The zero-order valence-electron chi connectivity index (χ0n) is 17.3. The lowest BCUT2D eigenvalue weighted by atomic mass is 10.0. The Morgan fingerprint density at radius 2 is 1.70 bits per heavy atom. The maximum absolute atomic E-state index is 12.5. The minimum Gasteiger partial charge on any atom is -0.482 e. The third kappa shape index (κ3) is 7.83. The monoisotopic (exact) mass is 462 g/mol. The topological polar surface area (TPSA) is 83.1 Å². The van der Waals surface area contributed by atoms with Crippen LogP contribution in [0, 0.1) is 0 Å². The molecule has 0 radical (unpaired) electrons. The Hall–Kier alpha value is -1.74. The van der Waals surface area contributed by atoms with E-state index in [0.29, 0.717) is 24.1 Å². The highest BCUT2D eigenvalue weighted by Crippen LogP contribution is 2.18. The molecule has 2 saturated heterocycles. The van der Waals surface area contributed by atoms with Crippen LogP contribution in [0.15, 0.2) is 24.3 Å². The van der Waals surface area contributed by atoms with Gasteiger partial charge in [0.05, 0.1) is 6.61 Å². The van der Waals surface area contributed by atoms with Crippen LogP contribution in [0.3, 0.4) is 0 Å². The molecule has 2 amide bonds. The summed E-state index contributed by atoms with van der Waals surface area (Å²) in [7, 11) is 0. The van der Waals surface area contributed by atoms with Crippen LogP contribution >= 0.6 is 24.8 Å². The minimum absolute atomic E-state index is 0. The van der Waals surface area contributed by atoms with Gasteiger partial charge >= 0.3 is 12.0 Å². The second-order valence-corrected chi connectivity index (χ2v) is 7.05. The van der Waals surface area contributed by atoms with Gasteiger partial charge in [-0.1, -0.05) is 0 Å². The van der Waals surface area contributed by atoms with E-state index in [9.17, 15) is 9.59 Å². The van der Waals surface area contributed by atoms with Gasteiger partial charge < -0.3 is 25.0 Å². The van der Waals surface area contributed by atoms with Crippen LogP contribution in [-0.4, -0.2) is 80.3 Å². The predicted octanol–water partition coefficient (Wildman–Crippen LogP) is 2.37. The molecule has 0 unspecified atom stereocenters. The van der Waals surface area contributed by atoms with E-state index in [4.69, 9.17) is 9.47 Å². The summed E-state index contributed by atoms with van der Waals surface area (Å²) in [6.07, 6.45) is 2.38. The number of amides is 2. The molecule has 2 N–H and O–H groups in total. The number of nitrogens with zero attached hydrogens (tertiary/aromatic N) is 2. The molecule has 0 aromatic heterocycles. The molecule has 0 saturated carbocycles. The molecular weight excluding hydrogens is 431 g/mol. The van der Waals surface area contributed by atoms with Gasteiger partial charge in [0.25, 0.3) is 0 Å². The number of urea groups is 1. The van der Waals surface area contributed by atoms with Gasteiger partial charge in [-0.25, -0.2) is 9.59 Å². The standard InChI is InChI=1S/C20H30N4O4.2ClH/c1-2-27-19(25)15-28-18-5-3-16(4-6-18)22-20(26)24-13-11-23(12-14-24)17-7-9-21-10-8-17;;/h3-6,17,21H,2,7-15H2,1H3,(H,22,26);2*1H. The Bertz CT molecular complexity index is 649. The van der Waals surface area contributed by atoms with E-state index >= 15 is 0 Å². The number of hydrogen-bond donors (Lipinski definition) is 2. The van der Waals surface area contributed by atoms with Crippen LogP contribution in [0.25, 0.3) is 0 Å². The van der Waals surface area contributed by atoms with Crippen molar-refractivity contribution < 1.29 is 19.1 Å². The summed E-state index contributed by atoms with van der Waals surface area (Å²) in [5.41, 5.74) is 0.703. The molecule has 0 aliphatic carbocycles. The molecule has 3 rings (SSSR count). The van der Waals surface area contributed by atoms with E-state index in [1.807, 2.05) is 4.90 Å². The number of hydrogen-bond acceptors (Lipinski definition) is 6. The molecule has 1 aromatic rings. The first-order valence-corrected chi connectivity index (χ1v) is 10.0. The Morgan fingerprint density at radius 3 is 2.30 bits per heavy atom. The quantitative estimate of drug-likeness (QED) is 0.631. The van der Waals surface area contributed by atoms with Crippen LogP contribution in [-0.2, 0) is 9.53 Å². The Labute approximate surface area is 190 Å². The van der Waals surface area contributed by atoms with Crippen LogP contribution in [0.4, 0.5) is 10.5 Å². The highest BCUT2D eigenvalue weighted by molar-refractivity contribution is 5.89. The highest BCUT2D eigenvalue weighted by Gasteiger charge is 2.26. The molecule has 10 heteroatoms. The molecule has 0 spiro atoms. The lowest BCUT2D eigenvalue weighted by Crippen LogP contribution is -2.54. The van der Waals surface area contributed by atoms with Gasteiger partial charge in [0.1, 0.15) is 5.75 Å². The fraction of sp³-hybridized carbons (Fsp3) is 0.600. The molecule has 0 bridgehead atoms.